The van der Waals surface area contributed by atoms with E-state index in [1.165, 1.54) is 6.42 Å². The SMILES string of the molecule is CC(C)CNCCNCC1CCOC1C. The van der Waals surface area contributed by atoms with Gasteiger partial charge in [0.05, 0.1) is 6.10 Å². The largest absolute Gasteiger partial charge is 0.378 e. The molecule has 0 spiro atoms. The van der Waals surface area contributed by atoms with Crippen LogP contribution in [0, 0.1) is 11.8 Å². The van der Waals surface area contributed by atoms with E-state index in [1.54, 1.807) is 0 Å². The summed E-state index contributed by atoms with van der Waals surface area (Å²) in [6.45, 7) is 11.9. The van der Waals surface area contributed by atoms with E-state index >= 15 is 0 Å². The van der Waals surface area contributed by atoms with Crippen molar-refractivity contribution >= 4 is 0 Å². The number of rotatable bonds is 7. The quantitative estimate of drug-likeness (QED) is 0.626. The van der Waals surface area contributed by atoms with Crippen LogP contribution in [-0.2, 0) is 4.74 Å². The Kier molecular flexibility index (Phi) is 6.22. The summed E-state index contributed by atoms with van der Waals surface area (Å²) >= 11 is 0. The molecule has 2 N–H and O–H groups in total. The van der Waals surface area contributed by atoms with Gasteiger partial charge in [0.25, 0.3) is 0 Å². The predicted molar refractivity (Wildman–Crippen MR) is 64.1 cm³/mol. The summed E-state index contributed by atoms with van der Waals surface area (Å²) in [7, 11) is 0. The lowest BCUT2D eigenvalue weighted by molar-refractivity contribution is 0.105. The summed E-state index contributed by atoms with van der Waals surface area (Å²) in [6.07, 6.45) is 1.66. The van der Waals surface area contributed by atoms with E-state index in [4.69, 9.17) is 4.74 Å². The molecule has 0 aromatic carbocycles. The van der Waals surface area contributed by atoms with E-state index in [0.717, 1.165) is 44.6 Å². The van der Waals surface area contributed by atoms with Crippen molar-refractivity contribution in [3.05, 3.63) is 0 Å². The summed E-state index contributed by atoms with van der Waals surface area (Å²) in [5.74, 6) is 1.46. The maximum absolute atomic E-state index is 5.52. The lowest BCUT2D eigenvalue weighted by Gasteiger charge is -2.15. The molecule has 1 rings (SSSR count). The van der Waals surface area contributed by atoms with Gasteiger partial charge in [-0.1, -0.05) is 13.8 Å². The summed E-state index contributed by atoms with van der Waals surface area (Å²) < 4.78 is 5.52. The highest BCUT2D eigenvalue weighted by molar-refractivity contribution is 4.74. The third kappa shape index (κ3) is 5.50. The molecule has 0 aromatic rings. The summed E-state index contributed by atoms with van der Waals surface area (Å²) in [4.78, 5) is 0. The Bertz CT molecular complexity index is 162. The number of hydrogen-bond donors (Lipinski definition) is 2. The fourth-order valence-corrected chi connectivity index (χ4v) is 1.90. The minimum absolute atomic E-state index is 0.445. The van der Waals surface area contributed by atoms with Crippen LogP contribution in [0.3, 0.4) is 0 Å². The Morgan fingerprint density at radius 3 is 2.60 bits per heavy atom. The normalized spacial score (nSPS) is 26.4. The van der Waals surface area contributed by atoms with Gasteiger partial charge in [-0.25, -0.2) is 0 Å². The smallest absolute Gasteiger partial charge is 0.0588 e. The van der Waals surface area contributed by atoms with Gasteiger partial charge >= 0.3 is 0 Å². The lowest BCUT2D eigenvalue weighted by Crippen LogP contribution is -2.33. The number of nitrogens with one attached hydrogen (secondary N) is 2. The first kappa shape index (κ1) is 12.9. The molecule has 0 saturated carbocycles. The van der Waals surface area contributed by atoms with Gasteiger partial charge in [-0.3, -0.25) is 0 Å². The molecule has 90 valence electrons. The van der Waals surface area contributed by atoms with Crippen molar-refractivity contribution in [2.24, 2.45) is 11.8 Å². The van der Waals surface area contributed by atoms with Crippen molar-refractivity contribution in [1.82, 2.24) is 10.6 Å². The summed E-state index contributed by atoms with van der Waals surface area (Å²) in [6, 6.07) is 0. The molecule has 3 heteroatoms. The van der Waals surface area contributed by atoms with Crippen LogP contribution in [0.25, 0.3) is 0 Å². The van der Waals surface area contributed by atoms with Gasteiger partial charge in [0.1, 0.15) is 0 Å². The predicted octanol–water partition coefficient (Wildman–Crippen LogP) is 1.25. The molecule has 15 heavy (non-hydrogen) atoms. The van der Waals surface area contributed by atoms with E-state index in [-0.39, 0.29) is 0 Å². The van der Waals surface area contributed by atoms with Gasteiger partial charge < -0.3 is 15.4 Å². The Hall–Kier alpha value is -0.120. The van der Waals surface area contributed by atoms with Gasteiger partial charge in [-0.2, -0.15) is 0 Å². The van der Waals surface area contributed by atoms with Crippen LogP contribution in [0.4, 0.5) is 0 Å². The highest BCUT2D eigenvalue weighted by atomic mass is 16.5. The molecule has 0 aliphatic carbocycles. The van der Waals surface area contributed by atoms with E-state index < -0.39 is 0 Å². The Morgan fingerprint density at radius 1 is 1.27 bits per heavy atom. The maximum Gasteiger partial charge on any atom is 0.0588 e. The van der Waals surface area contributed by atoms with Crippen molar-refractivity contribution in [3.8, 4) is 0 Å². The highest BCUT2D eigenvalue weighted by Crippen LogP contribution is 2.18. The molecular weight excluding hydrogens is 188 g/mol. The monoisotopic (exact) mass is 214 g/mol. The fourth-order valence-electron chi connectivity index (χ4n) is 1.90. The molecular formula is C12H26N2O. The van der Waals surface area contributed by atoms with Gasteiger partial charge in [-0.15, -0.1) is 0 Å². The topological polar surface area (TPSA) is 33.3 Å². The molecule has 0 aromatic heterocycles. The van der Waals surface area contributed by atoms with Crippen LogP contribution in [0.5, 0.6) is 0 Å². The van der Waals surface area contributed by atoms with Crippen molar-refractivity contribution in [3.63, 3.8) is 0 Å². The zero-order chi connectivity index (χ0) is 11.1. The molecule has 1 heterocycles. The van der Waals surface area contributed by atoms with E-state index in [1.807, 2.05) is 0 Å². The molecule has 1 saturated heterocycles. The molecule has 0 radical (unpaired) electrons. The van der Waals surface area contributed by atoms with Crippen LogP contribution in [0.15, 0.2) is 0 Å². The van der Waals surface area contributed by atoms with Crippen LogP contribution < -0.4 is 10.6 Å². The van der Waals surface area contributed by atoms with Crippen molar-refractivity contribution in [1.29, 1.82) is 0 Å². The minimum atomic E-state index is 0.445. The van der Waals surface area contributed by atoms with Crippen LogP contribution in [-0.4, -0.2) is 38.9 Å². The van der Waals surface area contributed by atoms with E-state index in [2.05, 4.69) is 31.4 Å². The minimum Gasteiger partial charge on any atom is -0.378 e. The highest BCUT2D eigenvalue weighted by Gasteiger charge is 2.23. The van der Waals surface area contributed by atoms with Crippen molar-refractivity contribution in [2.45, 2.75) is 33.3 Å². The average Bonchev–Trinajstić information content (AvgIpc) is 2.57. The van der Waals surface area contributed by atoms with Crippen LogP contribution >= 0.6 is 0 Å². The van der Waals surface area contributed by atoms with Gasteiger partial charge in [0, 0.05) is 26.2 Å². The number of hydrogen-bond acceptors (Lipinski definition) is 3. The maximum atomic E-state index is 5.52. The first-order valence-electron chi connectivity index (χ1n) is 6.23. The van der Waals surface area contributed by atoms with Crippen LogP contribution in [0.1, 0.15) is 27.2 Å². The molecule has 0 bridgehead atoms. The average molecular weight is 214 g/mol. The molecule has 0 amide bonds. The first-order valence-corrected chi connectivity index (χ1v) is 6.23. The summed E-state index contributed by atoms with van der Waals surface area (Å²) in [5.41, 5.74) is 0. The Labute approximate surface area is 94.0 Å². The van der Waals surface area contributed by atoms with Crippen LogP contribution in [0.2, 0.25) is 0 Å². The molecule has 1 fully saturated rings. The van der Waals surface area contributed by atoms with Gasteiger partial charge in [0.2, 0.25) is 0 Å². The molecule has 1 aliphatic rings. The fraction of sp³-hybridized carbons (Fsp3) is 1.00. The molecule has 2 atom stereocenters. The third-order valence-electron chi connectivity index (χ3n) is 2.97. The first-order chi connectivity index (χ1) is 7.20. The van der Waals surface area contributed by atoms with Crippen molar-refractivity contribution in [2.75, 3.05) is 32.8 Å². The second-order valence-corrected chi connectivity index (χ2v) is 4.93. The Balaban J connectivity index is 1.88. The molecule has 2 unspecified atom stereocenters. The second kappa shape index (κ2) is 7.20. The Morgan fingerprint density at radius 2 is 2.00 bits per heavy atom. The standard InChI is InChI=1S/C12H26N2O/c1-10(2)8-13-5-6-14-9-12-4-7-15-11(12)3/h10-14H,4-9H2,1-3H3. The molecule has 3 nitrogen and oxygen atoms in total. The molecule has 1 aliphatic heterocycles. The lowest BCUT2D eigenvalue weighted by atomic mass is 10.0. The summed E-state index contributed by atoms with van der Waals surface area (Å²) in [5, 5.41) is 6.92. The number of ether oxygens (including phenoxy) is 1. The second-order valence-electron chi connectivity index (χ2n) is 4.93. The zero-order valence-corrected chi connectivity index (χ0v) is 10.4. The van der Waals surface area contributed by atoms with Gasteiger partial charge in [-0.05, 0) is 31.7 Å². The van der Waals surface area contributed by atoms with Gasteiger partial charge in [0.15, 0.2) is 0 Å². The zero-order valence-electron chi connectivity index (χ0n) is 10.4. The van der Waals surface area contributed by atoms with E-state index in [9.17, 15) is 0 Å². The van der Waals surface area contributed by atoms with E-state index in [0.29, 0.717) is 6.10 Å². The third-order valence-corrected chi connectivity index (χ3v) is 2.97. The van der Waals surface area contributed by atoms with Crippen molar-refractivity contribution < 1.29 is 4.74 Å².